The number of hydrogen-bond donors (Lipinski definition) is 1. The largest absolute Gasteiger partial charge is 0.466 e. The first kappa shape index (κ1) is 19.3. The average molecular weight is 417 g/mol. The van der Waals surface area contributed by atoms with Crippen molar-refractivity contribution in [1.82, 2.24) is 14.5 Å². The van der Waals surface area contributed by atoms with Gasteiger partial charge in [-0.05, 0) is 41.5 Å². The summed E-state index contributed by atoms with van der Waals surface area (Å²) in [5.41, 5.74) is 7.56. The van der Waals surface area contributed by atoms with Crippen molar-refractivity contribution in [3.63, 3.8) is 0 Å². The molecule has 4 heterocycles. The number of fused-ring (bicyclic) bond motifs is 1. The van der Waals surface area contributed by atoms with E-state index in [9.17, 15) is 14.9 Å². The number of carbonyl (C=O) groups excluding carboxylic acids is 1. The van der Waals surface area contributed by atoms with Crippen molar-refractivity contribution in [3.8, 4) is 6.07 Å². The zero-order chi connectivity index (χ0) is 21.3. The quantitative estimate of drug-likeness (QED) is 0.608. The number of nitriles is 1. The molecule has 4 rings (SSSR count). The van der Waals surface area contributed by atoms with Crippen LogP contribution < -0.4 is 20.5 Å². The molecule has 0 unspecified atom stereocenters. The second kappa shape index (κ2) is 7.77. The van der Waals surface area contributed by atoms with E-state index in [2.05, 4.69) is 16.0 Å². The van der Waals surface area contributed by atoms with Crippen molar-refractivity contribution < 1.29 is 9.53 Å². The van der Waals surface area contributed by atoms with Gasteiger partial charge in [-0.2, -0.15) is 5.26 Å². The fourth-order valence-electron chi connectivity index (χ4n) is 3.35. The summed E-state index contributed by atoms with van der Waals surface area (Å²) in [6, 6.07) is 8.98. The second-order valence-electron chi connectivity index (χ2n) is 6.37. The van der Waals surface area contributed by atoms with Crippen molar-refractivity contribution >= 4 is 34.8 Å². The summed E-state index contributed by atoms with van der Waals surface area (Å²) < 4.78 is 6.92. The van der Waals surface area contributed by atoms with Crippen molar-refractivity contribution in [3.05, 3.63) is 85.3 Å². The molecule has 9 heteroatoms. The van der Waals surface area contributed by atoms with Crippen LogP contribution in [0.3, 0.4) is 0 Å². The lowest BCUT2D eigenvalue weighted by Gasteiger charge is -2.24. The normalized spacial score (nSPS) is 16.2. The third kappa shape index (κ3) is 3.09. The first-order chi connectivity index (χ1) is 14.6. The Balaban J connectivity index is 2.12. The molecule has 3 aromatic heterocycles. The Labute approximate surface area is 174 Å². The van der Waals surface area contributed by atoms with Crippen LogP contribution in [0, 0.1) is 11.3 Å². The molecule has 2 N–H and O–H groups in total. The number of nitrogens with zero attached hydrogens (tertiary/aromatic N) is 4. The number of carbonyl (C=O) groups is 1. The van der Waals surface area contributed by atoms with E-state index in [4.69, 9.17) is 10.5 Å². The van der Waals surface area contributed by atoms with Crippen molar-refractivity contribution in [2.24, 2.45) is 5.73 Å². The molecular weight excluding hydrogens is 402 g/mol. The van der Waals surface area contributed by atoms with Gasteiger partial charge in [0.1, 0.15) is 10.5 Å². The number of methoxy groups -OCH3 is 1. The van der Waals surface area contributed by atoms with E-state index in [1.807, 2.05) is 0 Å². The Morgan fingerprint density at radius 3 is 2.47 bits per heavy atom. The minimum Gasteiger partial charge on any atom is -0.466 e. The van der Waals surface area contributed by atoms with Crippen LogP contribution in [0.5, 0.6) is 0 Å². The third-order valence-corrected chi connectivity index (χ3v) is 5.83. The van der Waals surface area contributed by atoms with Crippen LogP contribution in [-0.4, -0.2) is 27.6 Å². The van der Waals surface area contributed by atoms with E-state index >= 15 is 0 Å². The number of aromatic nitrogens is 3. The van der Waals surface area contributed by atoms with Gasteiger partial charge in [0.25, 0.3) is 5.56 Å². The van der Waals surface area contributed by atoms with E-state index in [-0.39, 0.29) is 17.0 Å². The molecule has 0 fully saturated rings. The molecule has 0 saturated carbocycles. The van der Waals surface area contributed by atoms with Gasteiger partial charge in [-0.3, -0.25) is 19.3 Å². The van der Waals surface area contributed by atoms with Crippen LogP contribution in [0.1, 0.15) is 17.0 Å². The van der Waals surface area contributed by atoms with Gasteiger partial charge in [-0.25, -0.2) is 4.79 Å². The second-order valence-corrected chi connectivity index (χ2v) is 7.40. The van der Waals surface area contributed by atoms with E-state index in [0.717, 1.165) is 16.9 Å². The lowest BCUT2D eigenvalue weighted by molar-refractivity contribution is -0.134. The maximum atomic E-state index is 13.1. The summed E-state index contributed by atoms with van der Waals surface area (Å²) in [6.45, 7) is 0. The topological polar surface area (TPSA) is 124 Å². The van der Waals surface area contributed by atoms with Gasteiger partial charge < -0.3 is 10.5 Å². The van der Waals surface area contributed by atoms with Crippen LogP contribution >= 0.6 is 11.3 Å². The van der Waals surface area contributed by atoms with Crippen molar-refractivity contribution in [2.75, 3.05) is 7.11 Å². The summed E-state index contributed by atoms with van der Waals surface area (Å²) in [7, 11) is 1.26. The highest BCUT2D eigenvalue weighted by molar-refractivity contribution is 7.07. The molecule has 0 bridgehead atoms. The Kier molecular flexibility index (Phi) is 5.00. The summed E-state index contributed by atoms with van der Waals surface area (Å²) in [4.78, 5) is 33.9. The number of esters is 1. The van der Waals surface area contributed by atoms with Gasteiger partial charge in [-0.15, -0.1) is 11.3 Å². The first-order valence-corrected chi connectivity index (χ1v) is 9.64. The van der Waals surface area contributed by atoms with E-state index < -0.39 is 17.4 Å². The molecule has 1 atom stereocenters. The minimum absolute atomic E-state index is 0.00223. The highest BCUT2D eigenvalue weighted by Crippen LogP contribution is 2.36. The standard InChI is InChI=1S/C21H15N5O3S/c1-29-21(28)17-16(13-4-8-25-9-5-13)14(11-22)18(23)26-19(27)15(30-20(17)26)10-12-2-6-24-7-3-12/h2-10,16H,23H2,1H3/b15-10+/t16-/m1/s1. The highest BCUT2D eigenvalue weighted by Gasteiger charge is 2.36. The predicted octanol–water partition coefficient (Wildman–Crippen LogP) is 0.301. The molecule has 1 aliphatic heterocycles. The number of rotatable bonds is 3. The third-order valence-electron chi connectivity index (χ3n) is 4.72. The van der Waals surface area contributed by atoms with Gasteiger partial charge >= 0.3 is 5.97 Å². The number of allylic oxidation sites excluding steroid dienone is 1. The average Bonchev–Trinajstić information content (AvgIpc) is 3.10. The molecule has 148 valence electrons. The van der Waals surface area contributed by atoms with Crippen molar-refractivity contribution in [2.45, 2.75) is 5.92 Å². The summed E-state index contributed by atoms with van der Waals surface area (Å²) in [5.74, 6) is -1.41. The fourth-order valence-corrected chi connectivity index (χ4v) is 4.52. The van der Waals surface area contributed by atoms with E-state index in [1.54, 1.807) is 55.1 Å². The summed E-state index contributed by atoms with van der Waals surface area (Å²) in [6.07, 6.45) is 8.05. The van der Waals surface area contributed by atoms with Gasteiger partial charge in [0.2, 0.25) is 0 Å². The molecule has 0 radical (unpaired) electrons. The van der Waals surface area contributed by atoms with Gasteiger partial charge in [0.05, 0.1) is 34.8 Å². The van der Waals surface area contributed by atoms with Crippen LogP contribution in [-0.2, 0) is 9.53 Å². The van der Waals surface area contributed by atoms with Crippen LogP contribution in [0.2, 0.25) is 0 Å². The van der Waals surface area contributed by atoms with Crippen molar-refractivity contribution in [1.29, 1.82) is 5.26 Å². The SMILES string of the molecule is COC(=O)C1=c2s/c(=C/c3ccncc3)c(=O)n2C(N)=C(C#N)[C@H]1c1ccncc1. The Hall–Kier alpha value is -4.03. The molecule has 8 nitrogen and oxygen atoms in total. The van der Waals surface area contributed by atoms with Crippen LogP contribution in [0.25, 0.3) is 17.5 Å². The zero-order valence-corrected chi connectivity index (χ0v) is 16.6. The molecule has 0 saturated heterocycles. The number of nitrogens with two attached hydrogens (primary N) is 1. The molecule has 3 aromatic rings. The molecule has 0 aromatic carbocycles. The molecular formula is C21H15N5O3S. The Bertz CT molecular complexity index is 1380. The van der Waals surface area contributed by atoms with Gasteiger partial charge in [0.15, 0.2) is 0 Å². The highest BCUT2D eigenvalue weighted by atomic mass is 32.1. The molecule has 30 heavy (non-hydrogen) atoms. The summed E-state index contributed by atoms with van der Waals surface area (Å²) in [5, 5.41) is 9.83. The predicted molar refractivity (Wildman–Crippen MR) is 111 cm³/mol. The molecule has 0 aliphatic carbocycles. The van der Waals surface area contributed by atoms with E-state index in [0.29, 0.717) is 14.8 Å². The number of hydrogen-bond acceptors (Lipinski definition) is 8. The summed E-state index contributed by atoms with van der Waals surface area (Å²) >= 11 is 1.12. The maximum absolute atomic E-state index is 13.1. The molecule has 0 amide bonds. The lowest BCUT2D eigenvalue weighted by atomic mass is 9.84. The van der Waals surface area contributed by atoms with Gasteiger partial charge in [0, 0.05) is 24.8 Å². The fraction of sp³-hybridized carbons (Fsp3) is 0.0952. The number of pyridine rings is 2. The Morgan fingerprint density at radius 1 is 1.23 bits per heavy atom. The van der Waals surface area contributed by atoms with Crippen LogP contribution in [0.15, 0.2) is 59.4 Å². The van der Waals surface area contributed by atoms with E-state index in [1.165, 1.54) is 11.7 Å². The minimum atomic E-state index is -0.766. The smallest absolute Gasteiger partial charge is 0.337 e. The zero-order valence-electron chi connectivity index (χ0n) is 15.8. The number of ether oxygens (including phenoxy) is 1. The number of thiazole rings is 1. The first-order valence-electron chi connectivity index (χ1n) is 8.83. The Morgan fingerprint density at radius 2 is 1.87 bits per heavy atom. The molecule has 0 spiro atoms. The van der Waals surface area contributed by atoms with Crippen LogP contribution in [0.4, 0.5) is 0 Å². The monoisotopic (exact) mass is 417 g/mol. The maximum Gasteiger partial charge on any atom is 0.337 e. The lowest BCUT2D eigenvalue weighted by Crippen LogP contribution is -2.40. The molecule has 1 aliphatic rings. The van der Waals surface area contributed by atoms with Gasteiger partial charge in [-0.1, -0.05) is 0 Å².